The summed E-state index contributed by atoms with van der Waals surface area (Å²) < 4.78 is 7.18. The summed E-state index contributed by atoms with van der Waals surface area (Å²) in [5.41, 5.74) is 1.03. The van der Waals surface area contributed by atoms with Crippen molar-refractivity contribution in [3.63, 3.8) is 0 Å². The topological polar surface area (TPSA) is 87.0 Å². The minimum atomic E-state index is -0.557. The van der Waals surface area contributed by atoms with Gasteiger partial charge in [-0.15, -0.1) is 10.2 Å². The number of hydrogen-bond acceptors (Lipinski definition) is 6. The van der Waals surface area contributed by atoms with E-state index in [2.05, 4.69) is 14.8 Å². The molecule has 2 aromatic heterocycles. The fourth-order valence-electron chi connectivity index (χ4n) is 2.48. The maximum absolute atomic E-state index is 10.6. The van der Waals surface area contributed by atoms with Crippen LogP contribution >= 0.6 is 11.8 Å². The first-order valence-corrected chi connectivity index (χ1v) is 8.68. The molecule has 1 fully saturated rings. The molecule has 1 saturated carbocycles. The number of furan rings is 1. The molecule has 0 saturated heterocycles. The SMILES string of the molecule is O=[N+]([O-])c1ccc(/C=C/Sc2nnc(C3CC3)n2-c2ccccc2)o1. The lowest BCUT2D eigenvalue weighted by Gasteiger charge is -2.08. The van der Waals surface area contributed by atoms with Crippen molar-refractivity contribution >= 4 is 23.7 Å². The van der Waals surface area contributed by atoms with Crippen LogP contribution < -0.4 is 0 Å². The van der Waals surface area contributed by atoms with Crippen LogP contribution in [0.25, 0.3) is 11.8 Å². The molecule has 1 aliphatic rings. The molecule has 1 aliphatic carbocycles. The third-order valence-corrected chi connectivity index (χ3v) is 4.56. The smallest absolute Gasteiger partial charge is 0.401 e. The van der Waals surface area contributed by atoms with Gasteiger partial charge in [-0.25, -0.2) is 0 Å². The first kappa shape index (κ1) is 15.6. The van der Waals surface area contributed by atoms with E-state index in [1.54, 1.807) is 17.6 Å². The van der Waals surface area contributed by atoms with Crippen LogP contribution in [0.3, 0.4) is 0 Å². The van der Waals surface area contributed by atoms with Crippen LogP contribution in [0.1, 0.15) is 30.3 Å². The van der Waals surface area contributed by atoms with E-state index in [1.807, 2.05) is 30.3 Å². The standard InChI is InChI=1S/C17H14N4O3S/c22-21(23)15-9-8-14(24-15)10-11-25-17-19-18-16(12-6-7-12)20(17)13-4-2-1-3-5-13/h1-5,8-12H,6-7H2/b11-10+. The van der Waals surface area contributed by atoms with Crippen LogP contribution in [0.2, 0.25) is 0 Å². The van der Waals surface area contributed by atoms with Gasteiger partial charge in [-0.2, -0.15) is 0 Å². The van der Waals surface area contributed by atoms with Crippen molar-refractivity contribution in [3.8, 4) is 5.69 Å². The van der Waals surface area contributed by atoms with Gasteiger partial charge in [0.05, 0.1) is 6.07 Å². The number of aromatic nitrogens is 3. The average Bonchev–Trinajstić information content (AvgIpc) is 3.20. The number of para-hydroxylation sites is 1. The molecule has 7 nitrogen and oxygen atoms in total. The third kappa shape index (κ3) is 3.34. The molecule has 25 heavy (non-hydrogen) atoms. The highest BCUT2D eigenvalue weighted by Crippen LogP contribution is 2.41. The minimum Gasteiger partial charge on any atom is -0.401 e. The second-order valence-electron chi connectivity index (χ2n) is 5.64. The number of benzene rings is 1. The maximum atomic E-state index is 10.6. The Hall–Kier alpha value is -2.87. The minimum absolute atomic E-state index is 0.270. The van der Waals surface area contributed by atoms with Crippen LogP contribution in [0.4, 0.5) is 5.88 Å². The summed E-state index contributed by atoms with van der Waals surface area (Å²) in [4.78, 5) is 10.1. The fraction of sp³-hybridized carbons (Fsp3) is 0.176. The van der Waals surface area contributed by atoms with E-state index in [9.17, 15) is 10.1 Å². The number of rotatable bonds is 6. The largest absolute Gasteiger partial charge is 0.433 e. The molecule has 0 radical (unpaired) electrons. The molecule has 0 bridgehead atoms. The number of hydrogen-bond donors (Lipinski definition) is 0. The van der Waals surface area contributed by atoms with Gasteiger partial charge in [-0.05, 0) is 42.5 Å². The van der Waals surface area contributed by atoms with E-state index >= 15 is 0 Å². The third-order valence-electron chi connectivity index (χ3n) is 3.81. The van der Waals surface area contributed by atoms with Gasteiger partial charge >= 0.3 is 5.88 Å². The van der Waals surface area contributed by atoms with Crippen LogP contribution in [0.5, 0.6) is 0 Å². The Labute approximate surface area is 147 Å². The highest BCUT2D eigenvalue weighted by atomic mass is 32.2. The predicted molar refractivity (Wildman–Crippen MR) is 93.6 cm³/mol. The van der Waals surface area contributed by atoms with Gasteiger partial charge < -0.3 is 4.42 Å². The van der Waals surface area contributed by atoms with Crippen LogP contribution in [-0.4, -0.2) is 19.7 Å². The van der Waals surface area contributed by atoms with Crippen molar-refractivity contribution in [1.82, 2.24) is 14.8 Å². The van der Waals surface area contributed by atoms with E-state index in [-0.39, 0.29) is 5.88 Å². The van der Waals surface area contributed by atoms with Gasteiger partial charge in [0.1, 0.15) is 16.5 Å². The normalized spacial score (nSPS) is 14.2. The predicted octanol–water partition coefficient (Wildman–Crippen LogP) is 4.41. The molecule has 0 unspecified atom stereocenters. The summed E-state index contributed by atoms with van der Waals surface area (Å²) in [7, 11) is 0. The number of thioether (sulfide) groups is 1. The van der Waals surface area contributed by atoms with E-state index in [0.717, 1.165) is 29.5 Å². The van der Waals surface area contributed by atoms with Crippen molar-refractivity contribution in [1.29, 1.82) is 0 Å². The zero-order chi connectivity index (χ0) is 17.2. The zero-order valence-corrected chi connectivity index (χ0v) is 13.9. The van der Waals surface area contributed by atoms with Crippen molar-refractivity contribution in [3.05, 3.63) is 69.6 Å². The monoisotopic (exact) mass is 354 g/mol. The lowest BCUT2D eigenvalue weighted by Crippen LogP contribution is -2.00. The van der Waals surface area contributed by atoms with Crippen molar-refractivity contribution in [2.75, 3.05) is 0 Å². The Kier molecular flexibility index (Phi) is 4.10. The summed E-state index contributed by atoms with van der Waals surface area (Å²) >= 11 is 1.40. The molecule has 0 atom stereocenters. The van der Waals surface area contributed by atoms with Gasteiger partial charge in [0.15, 0.2) is 5.16 Å². The first-order valence-electron chi connectivity index (χ1n) is 7.80. The number of nitro groups is 1. The fourth-order valence-corrected chi connectivity index (χ4v) is 3.19. The molecule has 0 N–H and O–H groups in total. The van der Waals surface area contributed by atoms with Gasteiger partial charge in [0.25, 0.3) is 0 Å². The Morgan fingerprint density at radius 3 is 2.68 bits per heavy atom. The van der Waals surface area contributed by atoms with Crippen LogP contribution in [0.15, 0.2) is 57.4 Å². The van der Waals surface area contributed by atoms with Gasteiger partial charge in [-0.3, -0.25) is 14.7 Å². The molecule has 3 aromatic rings. The highest BCUT2D eigenvalue weighted by molar-refractivity contribution is 8.02. The van der Waals surface area contributed by atoms with E-state index in [4.69, 9.17) is 4.42 Å². The lowest BCUT2D eigenvalue weighted by atomic mass is 10.3. The lowest BCUT2D eigenvalue weighted by molar-refractivity contribution is -0.402. The summed E-state index contributed by atoms with van der Waals surface area (Å²) in [5.74, 6) is 1.61. The van der Waals surface area contributed by atoms with Gasteiger partial charge in [0, 0.05) is 11.6 Å². The summed E-state index contributed by atoms with van der Waals surface area (Å²) in [5, 5.41) is 21.9. The van der Waals surface area contributed by atoms with E-state index < -0.39 is 4.92 Å². The Balaban J connectivity index is 1.58. The maximum Gasteiger partial charge on any atom is 0.433 e. The molecule has 4 rings (SSSR count). The van der Waals surface area contributed by atoms with E-state index in [1.165, 1.54) is 17.8 Å². The molecule has 126 valence electrons. The van der Waals surface area contributed by atoms with Gasteiger partial charge in [0.2, 0.25) is 0 Å². The Bertz CT molecular complexity index is 929. The van der Waals surface area contributed by atoms with Crippen molar-refractivity contribution in [2.24, 2.45) is 0 Å². The quantitative estimate of drug-likeness (QED) is 0.370. The summed E-state index contributed by atoms with van der Waals surface area (Å²) in [6.07, 6.45) is 3.96. The molecule has 1 aromatic carbocycles. The van der Waals surface area contributed by atoms with Crippen molar-refractivity contribution < 1.29 is 9.34 Å². The second-order valence-corrected chi connectivity index (χ2v) is 6.51. The second kappa shape index (κ2) is 6.56. The molecular weight excluding hydrogens is 340 g/mol. The number of nitrogens with zero attached hydrogens (tertiary/aromatic N) is 4. The Morgan fingerprint density at radius 2 is 2.00 bits per heavy atom. The molecule has 0 amide bonds. The average molecular weight is 354 g/mol. The first-order chi connectivity index (χ1) is 12.2. The molecule has 0 aliphatic heterocycles. The van der Waals surface area contributed by atoms with Crippen LogP contribution in [0, 0.1) is 10.1 Å². The molecular formula is C17H14N4O3S. The van der Waals surface area contributed by atoms with Crippen molar-refractivity contribution in [2.45, 2.75) is 23.9 Å². The molecule has 2 heterocycles. The zero-order valence-electron chi connectivity index (χ0n) is 13.1. The summed E-state index contributed by atoms with van der Waals surface area (Å²) in [6, 6.07) is 12.9. The molecule has 0 spiro atoms. The molecule has 8 heteroatoms. The summed E-state index contributed by atoms with van der Waals surface area (Å²) in [6.45, 7) is 0. The highest BCUT2D eigenvalue weighted by Gasteiger charge is 2.30. The Morgan fingerprint density at radius 1 is 1.20 bits per heavy atom. The van der Waals surface area contributed by atoms with Gasteiger partial charge in [-0.1, -0.05) is 30.0 Å². The van der Waals surface area contributed by atoms with Crippen LogP contribution in [-0.2, 0) is 0 Å². The van der Waals surface area contributed by atoms with E-state index in [0.29, 0.717) is 11.7 Å².